The van der Waals surface area contributed by atoms with Crippen LogP contribution in [0.4, 0.5) is 0 Å². The molecular weight excluding hydrogens is 406 g/mol. The van der Waals surface area contributed by atoms with Crippen LogP contribution in [0.1, 0.15) is 53.4 Å². The predicted octanol–water partition coefficient (Wildman–Crippen LogP) is -1.06. The average Bonchev–Trinajstić information content (AvgIpc) is 3.16. The molecule has 4 atom stereocenters. The van der Waals surface area contributed by atoms with Gasteiger partial charge in [-0.1, -0.05) is 27.7 Å². The summed E-state index contributed by atoms with van der Waals surface area (Å²) in [6, 6.07) is -3.79. The molecule has 1 fully saturated rings. The van der Waals surface area contributed by atoms with Crippen molar-refractivity contribution in [2.24, 2.45) is 23.3 Å². The third-order valence-corrected chi connectivity index (χ3v) is 5.38. The molecule has 0 radical (unpaired) electrons. The summed E-state index contributed by atoms with van der Waals surface area (Å²) in [6.07, 6.45) is 0.591. The molecule has 0 spiro atoms. The van der Waals surface area contributed by atoms with Gasteiger partial charge in [0.2, 0.25) is 23.6 Å². The lowest BCUT2D eigenvalue weighted by atomic mass is 9.99. The normalized spacial score (nSPS) is 19.1. The summed E-state index contributed by atoms with van der Waals surface area (Å²) in [4.78, 5) is 62.0. The Kier molecular flexibility index (Phi) is 9.89. The van der Waals surface area contributed by atoms with E-state index in [0.29, 0.717) is 19.4 Å². The zero-order valence-corrected chi connectivity index (χ0v) is 18.6. The number of aliphatic carboxylic acids is 1. The molecule has 0 bridgehead atoms. The minimum absolute atomic E-state index is 0.110. The minimum atomic E-state index is -1.29. The first-order chi connectivity index (χ1) is 14.4. The fourth-order valence-electron chi connectivity index (χ4n) is 3.36. The maximum Gasteiger partial charge on any atom is 0.326 e. The van der Waals surface area contributed by atoms with E-state index >= 15 is 0 Å². The minimum Gasteiger partial charge on any atom is -0.480 e. The number of carbonyl (C=O) groups excluding carboxylic acids is 4. The standard InChI is InChI=1S/C20H35N5O6/c1-10(2)15(22)18(28)24-16(11(3)4)19(29)25-9-5-6-13(25)17(27)23-12(20(30)31)7-8-14(21)26/h10-13,15-16H,5-9,22H2,1-4H3,(H2,21,26)(H,23,27)(H,24,28)(H,30,31)/t12-,13-,15-,16-/m0/s1. The van der Waals surface area contributed by atoms with Crippen LogP contribution in [-0.2, 0) is 24.0 Å². The number of amides is 4. The zero-order valence-electron chi connectivity index (χ0n) is 18.6. The third kappa shape index (κ3) is 7.50. The van der Waals surface area contributed by atoms with Crippen LogP contribution >= 0.6 is 0 Å². The number of carboxylic acid groups (broad SMARTS) is 1. The third-order valence-electron chi connectivity index (χ3n) is 5.38. The van der Waals surface area contributed by atoms with E-state index in [1.54, 1.807) is 27.7 Å². The van der Waals surface area contributed by atoms with Crippen molar-refractivity contribution in [1.82, 2.24) is 15.5 Å². The lowest BCUT2D eigenvalue weighted by Crippen LogP contribution is -2.58. The molecule has 7 N–H and O–H groups in total. The summed E-state index contributed by atoms with van der Waals surface area (Å²) in [6.45, 7) is 7.46. The molecule has 1 aliphatic heterocycles. The van der Waals surface area contributed by atoms with Crippen LogP contribution in [0.2, 0.25) is 0 Å². The molecule has 11 heteroatoms. The number of hydrogen-bond acceptors (Lipinski definition) is 6. The van der Waals surface area contributed by atoms with E-state index in [1.165, 1.54) is 4.90 Å². The second-order valence-corrected chi connectivity index (χ2v) is 8.59. The number of nitrogens with two attached hydrogens (primary N) is 2. The smallest absolute Gasteiger partial charge is 0.326 e. The van der Waals surface area contributed by atoms with E-state index in [9.17, 15) is 29.1 Å². The lowest BCUT2D eigenvalue weighted by Gasteiger charge is -2.31. The summed E-state index contributed by atoms with van der Waals surface area (Å²) in [5.41, 5.74) is 10.9. The first-order valence-corrected chi connectivity index (χ1v) is 10.5. The molecule has 0 aromatic heterocycles. The van der Waals surface area contributed by atoms with Gasteiger partial charge >= 0.3 is 5.97 Å². The summed E-state index contributed by atoms with van der Waals surface area (Å²) in [7, 11) is 0. The van der Waals surface area contributed by atoms with Crippen molar-refractivity contribution in [3.63, 3.8) is 0 Å². The van der Waals surface area contributed by atoms with E-state index in [-0.39, 0.29) is 24.7 Å². The lowest BCUT2D eigenvalue weighted by molar-refractivity contribution is -0.145. The van der Waals surface area contributed by atoms with Gasteiger partial charge in [-0.3, -0.25) is 19.2 Å². The second-order valence-electron chi connectivity index (χ2n) is 8.59. The van der Waals surface area contributed by atoms with Crippen molar-refractivity contribution in [2.75, 3.05) is 6.54 Å². The van der Waals surface area contributed by atoms with Crippen molar-refractivity contribution >= 4 is 29.6 Å². The Bertz CT molecular complexity index is 696. The van der Waals surface area contributed by atoms with E-state index in [2.05, 4.69) is 10.6 Å². The molecule has 0 unspecified atom stereocenters. The number of nitrogens with zero attached hydrogens (tertiary/aromatic N) is 1. The molecule has 1 rings (SSSR count). The Balaban J connectivity index is 2.92. The molecule has 0 saturated carbocycles. The monoisotopic (exact) mass is 441 g/mol. The Hall–Kier alpha value is -2.69. The van der Waals surface area contributed by atoms with Gasteiger partial charge in [0, 0.05) is 13.0 Å². The van der Waals surface area contributed by atoms with Gasteiger partial charge in [-0.2, -0.15) is 0 Å². The van der Waals surface area contributed by atoms with Crippen LogP contribution < -0.4 is 22.1 Å². The van der Waals surface area contributed by atoms with Gasteiger partial charge in [0.1, 0.15) is 18.1 Å². The number of carbonyl (C=O) groups is 5. The van der Waals surface area contributed by atoms with Gasteiger partial charge in [0.25, 0.3) is 0 Å². The molecule has 31 heavy (non-hydrogen) atoms. The first kappa shape index (κ1) is 26.3. The number of likely N-dealkylation sites (tertiary alicyclic amines) is 1. The number of carboxylic acids is 1. The van der Waals surface area contributed by atoms with Gasteiger partial charge in [0.05, 0.1) is 6.04 Å². The Morgan fingerprint density at radius 2 is 1.68 bits per heavy atom. The van der Waals surface area contributed by atoms with Gasteiger partial charge in [0.15, 0.2) is 0 Å². The second kappa shape index (κ2) is 11.6. The molecule has 1 aliphatic rings. The predicted molar refractivity (Wildman–Crippen MR) is 112 cm³/mol. The fraction of sp³-hybridized carbons (Fsp3) is 0.750. The van der Waals surface area contributed by atoms with E-state index in [0.717, 1.165) is 0 Å². The van der Waals surface area contributed by atoms with Crippen molar-refractivity contribution in [2.45, 2.75) is 77.5 Å². The summed E-state index contributed by atoms with van der Waals surface area (Å²) >= 11 is 0. The van der Waals surface area contributed by atoms with E-state index < -0.39 is 53.8 Å². The zero-order chi connectivity index (χ0) is 23.9. The summed E-state index contributed by atoms with van der Waals surface area (Å²) < 4.78 is 0. The maximum atomic E-state index is 13.2. The molecule has 176 valence electrons. The van der Waals surface area contributed by atoms with Crippen LogP contribution in [0, 0.1) is 11.8 Å². The van der Waals surface area contributed by atoms with Crippen molar-refractivity contribution in [1.29, 1.82) is 0 Å². The highest BCUT2D eigenvalue weighted by molar-refractivity contribution is 5.94. The molecule has 1 saturated heterocycles. The average molecular weight is 442 g/mol. The Morgan fingerprint density at radius 1 is 1.06 bits per heavy atom. The molecule has 0 aromatic rings. The van der Waals surface area contributed by atoms with Crippen molar-refractivity contribution in [3.05, 3.63) is 0 Å². The highest BCUT2D eigenvalue weighted by atomic mass is 16.4. The number of hydrogen-bond donors (Lipinski definition) is 5. The van der Waals surface area contributed by atoms with Gasteiger partial charge in [-0.15, -0.1) is 0 Å². The van der Waals surface area contributed by atoms with Crippen LogP contribution in [-0.4, -0.2) is 70.3 Å². The van der Waals surface area contributed by atoms with E-state index in [4.69, 9.17) is 11.5 Å². The van der Waals surface area contributed by atoms with Crippen molar-refractivity contribution in [3.8, 4) is 0 Å². The SMILES string of the molecule is CC(C)[C@H](N)C(=O)N[C@H](C(=O)N1CCC[C@H]1C(=O)N[C@@H](CCC(N)=O)C(=O)O)C(C)C. The Morgan fingerprint density at radius 3 is 2.16 bits per heavy atom. The molecule has 0 aliphatic carbocycles. The van der Waals surface area contributed by atoms with Gasteiger partial charge in [-0.25, -0.2) is 4.79 Å². The fourth-order valence-corrected chi connectivity index (χ4v) is 3.36. The molecule has 11 nitrogen and oxygen atoms in total. The number of nitrogens with one attached hydrogen (secondary N) is 2. The molecule has 4 amide bonds. The summed E-state index contributed by atoms with van der Waals surface area (Å²) in [5.74, 6) is -3.80. The topological polar surface area (TPSA) is 185 Å². The highest BCUT2D eigenvalue weighted by Gasteiger charge is 2.40. The van der Waals surface area contributed by atoms with Gasteiger partial charge < -0.3 is 32.1 Å². The summed E-state index contributed by atoms with van der Waals surface area (Å²) in [5, 5.41) is 14.4. The Labute approximate surface area is 182 Å². The van der Waals surface area contributed by atoms with Crippen LogP contribution in [0.25, 0.3) is 0 Å². The van der Waals surface area contributed by atoms with E-state index in [1.807, 2.05) is 0 Å². The first-order valence-electron chi connectivity index (χ1n) is 10.5. The van der Waals surface area contributed by atoms with Gasteiger partial charge in [-0.05, 0) is 31.1 Å². The molecular formula is C20H35N5O6. The molecule has 0 aromatic carbocycles. The largest absolute Gasteiger partial charge is 0.480 e. The van der Waals surface area contributed by atoms with Crippen LogP contribution in [0.5, 0.6) is 0 Å². The number of primary amides is 1. The van der Waals surface area contributed by atoms with Crippen LogP contribution in [0.3, 0.4) is 0 Å². The molecule has 1 heterocycles. The quantitative estimate of drug-likeness (QED) is 0.270. The number of rotatable bonds is 11. The van der Waals surface area contributed by atoms with Crippen LogP contribution in [0.15, 0.2) is 0 Å². The van der Waals surface area contributed by atoms with Crippen molar-refractivity contribution < 1.29 is 29.1 Å². The highest BCUT2D eigenvalue weighted by Crippen LogP contribution is 2.21. The maximum absolute atomic E-state index is 13.2.